The van der Waals surface area contributed by atoms with Gasteiger partial charge >= 0.3 is 5.97 Å². The summed E-state index contributed by atoms with van der Waals surface area (Å²) in [5.41, 5.74) is 1.01. The summed E-state index contributed by atoms with van der Waals surface area (Å²) in [5, 5.41) is 17.7. The molecule has 2 rings (SSSR count). The van der Waals surface area contributed by atoms with Crippen molar-refractivity contribution >= 4 is 17.6 Å². The minimum atomic E-state index is -1.000. The molecule has 0 aliphatic carbocycles. The second-order valence-electron chi connectivity index (χ2n) is 3.82. The van der Waals surface area contributed by atoms with E-state index in [1.165, 1.54) is 4.90 Å². The Bertz CT molecular complexity index is 501. The van der Waals surface area contributed by atoms with E-state index in [2.05, 4.69) is 0 Å². The van der Waals surface area contributed by atoms with Crippen LogP contribution >= 0.6 is 0 Å². The Morgan fingerprint density at radius 3 is 2.59 bits per heavy atom. The molecule has 1 amide bonds. The lowest BCUT2D eigenvalue weighted by Crippen LogP contribution is -2.38. The average Bonchev–Trinajstić information content (AvgIpc) is 2.71. The Kier molecular flexibility index (Phi) is 2.79. The van der Waals surface area contributed by atoms with Crippen LogP contribution < -0.4 is 4.90 Å². The molecule has 1 aromatic rings. The van der Waals surface area contributed by atoms with Crippen LogP contribution in [0.4, 0.5) is 5.69 Å². The van der Waals surface area contributed by atoms with Gasteiger partial charge in [-0.1, -0.05) is 0 Å². The molecule has 86 valence electrons. The van der Waals surface area contributed by atoms with Crippen LogP contribution in [-0.4, -0.2) is 23.0 Å². The molecule has 1 aromatic carbocycles. The van der Waals surface area contributed by atoms with Crippen molar-refractivity contribution in [3.05, 3.63) is 29.8 Å². The fourth-order valence-corrected chi connectivity index (χ4v) is 1.94. The van der Waals surface area contributed by atoms with E-state index >= 15 is 0 Å². The Morgan fingerprint density at radius 2 is 2.06 bits per heavy atom. The molecule has 1 N–H and O–H groups in total. The number of rotatable bonds is 2. The van der Waals surface area contributed by atoms with E-state index in [1.54, 1.807) is 24.3 Å². The number of nitriles is 1. The van der Waals surface area contributed by atoms with E-state index in [0.29, 0.717) is 17.7 Å². The zero-order valence-electron chi connectivity index (χ0n) is 8.96. The number of anilines is 1. The molecule has 0 bridgehead atoms. The molecule has 17 heavy (non-hydrogen) atoms. The van der Waals surface area contributed by atoms with Crippen LogP contribution in [0.25, 0.3) is 0 Å². The summed E-state index contributed by atoms with van der Waals surface area (Å²) >= 11 is 0. The molecule has 0 unspecified atom stereocenters. The van der Waals surface area contributed by atoms with Crippen LogP contribution in [0.15, 0.2) is 24.3 Å². The number of hydrogen-bond donors (Lipinski definition) is 1. The molecule has 1 fully saturated rings. The van der Waals surface area contributed by atoms with Crippen LogP contribution in [0.1, 0.15) is 18.4 Å². The Hall–Kier alpha value is -2.35. The molecule has 5 heteroatoms. The first kappa shape index (κ1) is 11.1. The zero-order chi connectivity index (χ0) is 12.4. The normalized spacial score (nSPS) is 19.1. The number of carboxylic acids is 1. The van der Waals surface area contributed by atoms with Crippen LogP contribution in [0.3, 0.4) is 0 Å². The van der Waals surface area contributed by atoms with Gasteiger partial charge in [-0.2, -0.15) is 5.26 Å². The summed E-state index contributed by atoms with van der Waals surface area (Å²) in [5.74, 6) is -1.19. The molecule has 1 aliphatic heterocycles. The number of carbonyl (C=O) groups is 2. The predicted molar refractivity (Wildman–Crippen MR) is 59.3 cm³/mol. The lowest BCUT2D eigenvalue weighted by molar-refractivity contribution is -0.138. The van der Waals surface area contributed by atoms with E-state index in [9.17, 15) is 9.59 Å². The fourth-order valence-electron chi connectivity index (χ4n) is 1.94. The van der Waals surface area contributed by atoms with Crippen LogP contribution in [0.2, 0.25) is 0 Å². The third kappa shape index (κ3) is 1.97. The molecule has 1 aliphatic rings. The van der Waals surface area contributed by atoms with Gasteiger partial charge in [0.2, 0.25) is 5.91 Å². The fraction of sp³-hybridized carbons (Fsp3) is 0.250. The highest BCUT2D eigenvalue weighted by atomic mass is 16.4. The second kappa shape index (κ2) is 4.26. The van der Waals surface area contributed by atoms with E-state index in [1.807, 2.05) is 6.07 Å². The van der Waals surface area contributed by atoms with Gasteiger partial charge in [0.1, 0.15) is 6.04 Å². The molecular weight excluding hydrogens is 220 g/mol. The average molecular weight is 230 g/mol. The van der Waals surface area contributed by atoms with E-state index < -0.39 is 12.0 Å². The minimum Gasteiger partial charge on any atom is -0.480 e. The molecule has 1 heterocycles. The number of carbonyl (C=O) groups excluding carboxylic acids is 1. The lowest BCUT2D eigenvalue weighted by atomic mass is 10.2. The Morgan fingerprint density at radius 1 is 1.41 bits per heavy atom. The third-order valence-electron chi connectivity index (χ3n) is 2.77. The van der Waals surface area contributed by atoms with Crippen molar-refractivity contribution in [1.29, 1.82) is 5.26 Å². The minimum absolute atomic E-state index is 0.192. The molecule has 1 saturated heterocycles. The summed E-state index contributed by atoms with van der Waals surface area (Å²) in [6, 6.07) is 7.50. The van der Waals surface area contributed by atoms with E-state index in [-0.39, 0.29) is 12.3 Å². The first-order valence-corrected chi connectivity index (χ1v) is 5.18. The molecule has 5 nitrogen and oxygen atoms in total. The molecule has 1 atom stereocenters. The van der Waals surface area contributed by atoms with Gasteiger partial charge < -0.3 is 5.11 Å². The summed E-state index contributed by atoms with van der Waals surface area (Å²) in [7, 11) is 0. The van der Waals surface area contributed by atoms with Crippen molar-refractivity contribution in [2.24, 2.45) is 0 Å². The number of nitrogens with zero attached hydrogens (tertiary/aromatic N) is 2. The summed E-state index contributed by atoms with van der Waals surface area (Å²) in [4.78, 5) is 23.9. The van der Waals surface area contributed by atoms with Gasteiger partial charge in [-0.15, -0.1) is 0 Å². The van der Waals surface area contributed by atoms with Gasteiger partial charge in [0, 0.05) is 12.1 Å². The maximum absolute atomic E-state index is 11.6. The van der Waals surface area contributed by atoms with Gasteiger partial charge in [0.05, 0.1) is 11.6 Å². The van der Waals surface area contributed by atoms with Crippen molar-refractivity contribution in [3.8, 4) is 6.07 Å². The van der Waals surface area contributed by atoms with Crippen molar-refractivity contribution in [3.63, 3.8) is 0 Å². The topological polar surface area (TPSA) is 81.4 Å². The van der Waals surface area contributed by atoms with Gasteiger partial charge in [-0.05, 0) is 30.7 Å². The van der Waals surface area contributed by atoms with Crippen molar-refractivity contribution in [2.45, 2.75) is 18.9 Å². The highest BCUT2D eigenvalue weighted by Crippen LogP contribution is 2.26. The number of benzene rings is 1. The Balaban J connectivity index is 2.33. The second-order valence-corrected chi connectivity index (χ2v) is 3.82. The highest BCUT2D eigenvalue weighted by Gasteiger charge is 2.36. The van der Waals surface area contributed by atoms with Crippen molar-refractivity contribution in [2.75, 3.05) is 4.90 Å². The molecule has 0 saturated carbocycles. The summed E-state index contributed by atoms with van der Waals surface area (Å²) < 4.78 is 0. The standard InChI is InChI=1S/C12H10N2O3/c13-7-8-1-3-9(4-2-8)14-10(12(16)17)5-6-11(14)15/h1-4,10H,5-6H2,(H,16,17)/t10-/m0/s1. The zero-order valence-corrected chi connectivity index (χ0v) is 8.96. The largest absolute Gasteiger partial charge is 0.480 e. The van der Waals surface area contributed by atoms with Crippen molar-refractivity contribution in [1.82, 2.24) is 0 Å². The molecule has 0 spiro atoms. The van der Waals surface area contributed by atoms with E-state index in [4.69, 9.17) is 10.4 Å². The smallest absolute Gasteiger partial charge is 0.326 e. The van der Waals surface area contributed by atoms with Gasteiger partial charge in [-0.25, -0.2) is 4.79 Å². The number of carboxylic acid groups (broad SMARTS) is 1. The van der Waals surface area contributed by atoms with Gasteiger partial charge in [-0.3, -0.25) is 9.69 Å². The SMILES string of the molecule is N#Cc1ccc(N2C(=O)CC[C@H]2C(=O)O)cc1. The summed E-state index contributed by atoms with van der Waals surface area (Å²) in [6.45, 7) is 0. The molecular formula is C12H10N2O3. The lowest BCUT2D eigenvalue weighted by Gasteiger charge is -2.21. The van der Waals surface area contributed by atoms with Crippen molar-refractivity contribution < 1.29 is 14.7 Å². The quantitative estimate of drug-likeness (QED) is 0.825. The molecule has 0 aromatic heterocycles. The van der Waals surface area contributed by atoms with Gasteiger partial charge in [0.15, 0.2) is 0 Å². The third-order valence-corrected chi connectivity index (χ3v) is 2.77. The first-order chi connectivity index (χ1) is 8.13. The monoisotopic (exact) mass is 230 g/mol. The van der Waals surface area contributed by atoms with Gasteiger partial charge in [0.25, 0.3) is 0 Å². The Labute approximate surface area is 97.9 Å². The van der Waals surface area contributed by atoms with Crippen LogP contribution in [0.5, 0.6) is 0 Å². The van der Waals surface area contributed by atoms with E-state index in [0.717, 1.165) is 0 Å². The first-order valence-electron chi connectivity index (χ1n) is 5.18. The number of hydrogen-bond acceptors (Lipinski definition) is 3. The molecule has 0 radical (unpaired) electrons. The maximum Gasteiger partial charge on any atom is 0.326 e. The predicted octanol–water partition coefficient (Wildman–Crippen LogP) is 1.14. The highest BCUT2D eigenvalue weighted by molar-refractivity contribution is 6.02. The van der Waals surface area contributed by atoms with Crippen LogP contribution in [-0.2, 0) is 9.59 Å². The maximum atomic E-state index is 11.6. The number of amides is 1. The van der Waals surface area contributed by atoms with Crippen LogP contribution in [0, 0.1) is 11.3 Å². The number of aliphatic carboxylic acids is 1. The summed E-state index contributed by atoms with van der Waals surface area (Å²) in [6.07, 6.45) is 0.575.